The van der Waals surface area contributed by atoms with Gasteiger partial charge in [0.15, 0.2) is 5.82 Å². The minimum Gasteiger partial charge on any atom is -0.391 e. The SMILES string of the molecule is CCC(C)C(O)CNC(=O)c1cccc(Cl)c1F. The molecule has 100 valence electrons. The molecule has 0 saturated heterocycles. The number of aliphatic hydroxyl groups excluding tert-OH is 1. The van der Waals surface area contributed by atoms with Crippen LogP contribution in [-0.2, 0) is 0 Å². The van der Waals surface area contributed by atoms with Crippen LogP contribution in [0.25, 0.3) is 0 Å². The van der Waals surface area contributed by atoms with E-state index in [1.54, 1.807) is 0 Å². The van der Waals surface area contributed by atoms with Gasteiger partial charge in [-0.25, -0.2) is 4.39 Å². The highest BCUT2D eigenvalue weighted by Crippen LogP contribution is 2.17. The van der Waals surface area contributed by atoms with Crippen LogP contribution in [0.3, 0.4) is 0 Å². The fourth-order valence-electron chi connectivity index (χ4n) is 1.44. The van der Waals surface area contributed by atoms with Gasteiger partial charge < -0.3 is 10.4 Å². The molecule has 5 heteroatoms. The molecule has 2 N–H and O–H groups in total. The Kier molecular flexibility index (Phi) is 5.56. The summed E-state index contributed by atoms with van der Waals surface area (Å²) in [6.45, 7) is 3.93. The van der Waals surface area contributed by atoms with E-state index in [1.807, 2.05) is 13.8 Å². The van der Waals surface area contributed by atoms with Gasteiger partial charge in [-0.1, -0.05) is 37.9 Å². The number of carbonyl (C=O) groups is 1. The van der Waals surface area contributed by atoms with Crippen molar-refractivity contribution in [1.82, 2.24) is 5.32 Å². The third-order valence-corrected chi connectivity index (χ3v) is 3.26. The average molecular weight is 274 g/mol. The van der Waals surface area contributed by atoms with E-state index in [4.69, 9.17) is 11.6 Å². The molecule has 0 heterocycles. The number of amides is 1. The van der Waals surface area contributed by atoms with Crippen LogP contribution >= 0.6 is 11.6 Å². The predicted molar refractivity (Wildman–Crippen MR) is 69.2 cm³/mol. The van der Waals surface area contributed by atoms with E-state index in [9.17, 15) is 14.3 Å². The van der Waals surface area contributed by atoms with Gasteiger partial charge in [0.2, 0.25) is 0 Å². The molecule has 1 amide bonds. The number of aliphatic hydroxyl groups is 1. The molecule has 0 aliphatic carbocycles. The lowest BCUT2D eigenvalue weighted by molar-refractivity contribution is 0.0847. The van der Waals surface area contributed by atoms with Crippen molar-refractivity contribution in [2.75, 3.05) is 6.54 Å². The monoisotopic (exact) mass is 273 g/mol. The van der Waals surface area contributed by atoms with Crippen LogP contribution in [0, 0.1) is 11.7 Å². The molecule has 0 aliphatic heterocycles. The Hall–Kier alpha value is -1.13. The molecule has 0 saturated carbocycles. The molecular weight excluding hydrogens is 257 g/mol. The molecule has 18 heavy (non-hydrogen) atoms. The van der Waals surface area contributed by atoms with Crippen LogP contribution in [-0.4, -0.2) is 23.7 Å². The summed E-state index contributed by atoms with van der Waals surface area (Å²) in [5.74, 6) is -1.23. The molecule has 0 fully saturated rings. The number of hydrogen-bond acceptors (Lipinski definition) is 2. The number of rotatable bonds is 5. The van der Waals surface area contributed by atoms with E-state index in [2.05, 4.69) is 5.32 Å². The first kappa shape index (κ1) is 14.9. The molecule has 1 aromatic rings. The lowest BCUT2D eigenvalue weighted by Gasteiger charge is -2.17. The Morgan fingerprint density at radius 3 is 2.83 bits per heavy atom. The maximum Gasteiger partial charge on any atom is 0.254 e. The first-order chi connectivity index (χ1) is 8.47. The van der Waals surface area contributed by atoms with E-state index in [-0.39, 0.29) is 23.0 Å². The van der Waals surface area contributed by atoms with Crippen molar-refractivity contribution in [3.63, 3.8) is 0 Å². The van der Waals surface area contributed by atoms with Crippen molar-refractivity contribution >= 4 is 17.5 Å². The van der Waals surface area contributed by atoms with E-state index >= 15 is 0 Å². The lowest BCUT2D eigenvalue weighted by atomic mass is 10.0. The summed E-state index contributed by atoms with van der Waals surface area (Å²) >= 11 is 5.59. The topological polar surface area (TPSA) is 49.3 Å². The van der Waals surface area contributed by atoms with E-state index < -0.39 is 17.8 Å². The van der Waals surface area contributed by atoms with Gasteiger partial charge >= 0.3 is 0 Å². The van der Waals surface area contributed by atoms with Crippen LogP contribution in [0.1, 0.15) is 30.6 Å². The number of halogens is 2. The second-order valence-corrected chi connectivity index (χ2v) is 4.67. The third-order valence-electron chi connectivity index (χ3n) is 2.97. The van der Waals surface area contributed by atoms with Crippen LogP contribution in [0.2, 0.25) is 5.02 Å². The van der Waals surface area contributed by atoms with E-state index in [1.165, 1.54) is 18.2 Å². The van der Waals surface area contributed by atoms with Gasteiger partial charge in [0.25, 0.3) is 5.91 Å². The highest BCUT2D eigenvalue weighted by molar-refractivity contribution is 6.31. The van der Waals surface area contributed by atoms with Gasteiger partial charge in [-0.3, -0.25) is 4.79 Å². The minimum atomic E-state index is -0.741. The molecule has 0 radical (unpaired) electrons. The molecule has 0 bridgehead atoms. The summed E-state index contributed by atoms with van der Waals surface area (Å²) in [7, 11) is 0. The van der Waals surface area contributed by atoms with E-state index in [0.29, 0.717) is 0 Å². The van der Waals surface area contributed by atoms with Crippen molar-refractivity contribution in [3.8, 4) is 0 Å². The van der Waals surface area contributed by atoms with Crippen molar-refractivity contribution in [3.05, 3.63) is 34.6 Å². The maximum absolute atomic E-state index is 13.5. The molecule has 0 spiro atoms. The van der Waals surface area contributed by atoms with Gasteiger partial charge in [0.05, 0.1) is 16.7 Å². The molecule has 0 aliphatic rings. The number of benzene rings is 1. The molecule has 0 aromatic heterocycles. The fourth-order valence-corrected chi connectivity index (χ4v) is 1.62. The Morgan fingerprint density at radius 1 is 1.56 bits per heavy atom. The largest absolute Gasteiger partial charge is 0.391 e. The summed E-state index contributed by atoms with van der Waals surface area (Å²) < 4.78 is 13.5. The second-order valence-electron chi connectivity index (χ2n) is 4.26. The minimum absolute atomic E-state index is 0.0782. The standard InChI is InChI=1S/C13H17ClFNO2/c1-3-8(2)11(17)7-16-13(18)9-5-4-6-10(14)12(9)15/h4-6,8,11,17H,3,7H2,1-2H3,(H,16,18). The average Bonchev–Trinajstić information content (AvgIpc) is 2.37. The van der Waals surface area contributed by atoms with Crippen molar-refractivity contribution in [1.29, 1.82) is 0 Å². The maximum atomic E-state index is 13.5. The lowest BCUT2D eigenvalue weighted by Crippen LogP contribution is -2.35. The van der Waals surface area contributed by atoms with E-state index in [0.717, 1.165) is 6.42 Å². The smallest absolute Gasteiger partial charge is 0.254 e. The summed E-state index contributed by atoms with van der Waals surface area (Å²) in [5, 5.41) is 12.1. The van der Waals surface area contributed by atoms with Gasteiger partial charge in [-0.05, 0) is 18.1 Å². The van der Waals surface area contributed by atoms with Gasteiger partial charge in [0, 0.05) is 6.54 Å². The molecule has 2 atom stereocenters. The summed E-state index contributed by atoms with van der Waals surface area (Å²) in [4.78, 5) is 11.7. The Labute approximate surface area is 111 Å². The second kappa shape index (κ2) is 6.71. The summed E-state index contributed by atoms with van der Waals surface area (Å²) in [5.41, 5.74) is -0.112. The highest BCUT2D eigenvalue weighted by atomic mass is 35.5. The summed E-state index contributed by atoms with van der Waals surface area (Å²) in [6, 6.07) is 4.24. The quantitative estimate of drug-likeness (QED) is 0.866. The molecule has 1 aromatic carbocycles. The Morgan fingerprint density at radius 2 is 2.22 bits per heavy atom. The van der Waals surface area contributed by atoms with Gasteiger partial charge in [0.1, 0.15) is 0 Å². The van der Waals surface area contributed by atoms with Crippen LogP contribution < -0.4 is 5.32 Å². The third kappa shape index (κ3) is 3.68. The first-order valence-corrected chi connectivity index (χ1v) is 6.25. The first-order valence-electron chi connectivity index (χ1n) is 5.87. The zero-order valence-electron chi connectivity index (χ0n) is 10.4. The Balaban J connectivity index is 2.64. The fraction of sp³-hybridized carbons (Fsp3) is 0.462. The molecule has 1 rings (SSSR count). The number of hydrogen-bond donors (Lipinski definition) is 2. The van der Waals surface area contributed by atoms with Crippen LogP contribution in [0.15, 0.2) is 18.2 Å². The molecule has 2 unspecified atom stereocenters. The highest BCUT2D eigenvalue weighted by Gasteiger charge is 2.17. The van der Waals surface area contributed by atoms with Crippen molar-refractivity contribution in [2.24, 2.45) is 5.92 Å². The zero-order chi connectivity index (χ0) is 13.7. The zero-order valence-corrected chi connectivity index (χ0v) is 11.2. The molecule has 3 nitrogen and oxygen atoms in total. The van der Waals surface area contributed by atoms with Crippen LogP contribution in [0.5, 0.6) is 0 Å². The predicted octanol–water partition coefficient (Wildman–Crippen LogP) is 2.62. The number of nitrogens with one attached hydrogen (secondary N) is 1. The van der Waals surface area contributed by atoms with Gasteiger partial charge in [-0.15, -0.1) is 0 Å². The normalized spacial score (nSPS) is 14.1. The van der Waals surface area contributed by atoms with Gasteiger partial charge in [-0.2, -0.15) is 0 Å². The summed E-state index contributed by atoms with van der Waals surface area (Å²) in [6.07, 6.45) is 0.170. The van der Waals surface area contributed by atoms with Crippen molar-refractivity contribution < 1.29 is 14.3 Å². The number of carbonyl (C=O) groups excluding carboxylic acids is 1. The Bertz CT molecular complexity index is 425. The van der Waals surface area contributed by atoms with Crippen molar-refractivity contribution in [2.45, 2.75) is 26.4 Å². The molecular formula is C13H17ClFNO2. The van der Waals surface area contributed by atoms with Crippen LogP contribution in [0.4, 0.5) is 4.39 Å².